The van der Waals surface area contributed by atoms with Crippen molar-refractivity contribution < 1.29 is 32.7 Å². The van der Waals surface area contributed by atoms with Crippen LogP contribution in [-0.4, -0.2) is 11.0 Å². The molecule has 0 aliphatic rings. The summed E-state index contributed by atoms with van der Waals surface area (Å²) < 4.78 is 0. The summed E-state index contributed by atoms with van der Waals surface area (Å²) in [6.07, 6.45) is 7.98. The molecule has 3 heteroatoms. The Morgan fingerprint density at radius 3 is 1.73 bits per heavy atom. The van der Waals surface area contributed by atoms with Crippen molar-refractivity contribution in [1.82, 2.24) is 0 Å². The van der Waals surface area contributed by atoms with E-state index >= 15 is 0 Å². The first-order chi connectivity index (χ1) is 3.91. The Morgan fingerprint density at radius 1 is 0.909 bits per heavy atom. The van der Waals surface area contributed by atoms with Crippen LogP contribution in [0.25, 0.3) is 0 Å². The van der Waals surface area contributed by atoms with Gasteiger partial charge in [0, 0.05) is 21.7 Å². The molecule has 0 unspecified atom stereocenters. The number of hydrogen-bond acceptors (Lipinski definition) is 0. The van der Waals surface area contributed by atoms with Crippen molar-refractivity contribution in [3.8, 4) is 0 Å². The maximum atomic E-state index is 3.78. The van der Waals surface area contributed by atoms with E-state index < -0.39 is 0 Å². The summed E-state index contributed by atoms with van der Waals surface area (Å²) in [7, 11) is 0. The average molecular weight is 197 g/mol. The van der Waals surface area contributed by atoms with E-state index in [1.807, 2.05) is 0 Å². The molecule has 0 aromatic heterocycles. The maximum absolute atomic E-state index is 3.78. The van der Waals surface area contributed by atoms with Crippen LogP contribution in [0.2, 0.25) is 0 Å². The van der Waals surface area contributed by atoms with Gasteiger partial charge in [-0.15, -0.1) is 0 Å². The van der Waals surface area contributed by atoms with Crippen molar-refractivity contribution in [3.63, 3.8) is 0 Å². The summed E-state index contributed by atoms with van der Waals surface area (Å²) in [4.78, 5) is 0. The Labute approximate surface area is 85.3 Å². The van der Waals surface area contributed by atoms with E-state index in [0.717, 1.165) is 6.42 Å². The van der Waals surface area contributed by atoms with Crippen LogP contribution in [0.5, 0.6) is 0 Å². The van der Waals surface area contributed by atoms with E-state index in [1.54, 1.807) is 0 Å². The molecule has 0 aliphatic heterocycles. The second-order valence-corrected chi connectivity index (χ2v) is 2.27. The van der Waals surface area contributed by atoms with Crippen molar-refractivity contribution in [1.29, 1.82) is 0 Å². The van der Waals surface area contributed by atoms with Gasteiger partial charge in [0.25, 0.3) is 0 Å². The quantitative estimate of drug-likeness (QED) is 0.364. The molecule has 0 saturated carbocycles. The standard InChI is InChI=1S/C8H17.2H2O.Ti/c1-3-5-7-8-6-4-2;;;/h1,3-8H2,2H3;2*1H2;/q-1;;;. The molecular formula is C8H21O2Ti-. The Bertz CT molecular complexity index is 37.1. The Balaban J connectivity index is -0.0000000817. The SMILES string of the molecule is O.O.[CH2-]CCCCCCC.[Ti]. The van der Waals surface area contributed by atoms with Gasteiger partial charge in [0.15, 0.2) is 0 Å². The molecule has 0 saturated heterocycles. The van der Waals surface area contributed by atoms with Gasteiger partial charge in [0.2, 0.25) is 0 Å². The fraction of sp³-hybridized carbons (Fsp3) is 0.875. The summed E-state index contributed by atoms with van der Waals surface area (Å²) in [6, 6.07) is 0. The van der Waals surface area contributed by atoms with Gasteiger partial charge in [-0.2, -0.15) is 6.42 Å². The van der Waals surface area contributed by atoms with Crippen molar-refractivity contribution in [2.45, 2.75) is 45.4 Å². The van der Waals surface area contributed by atoms with E-state index in [0.29, 0.717) is 0 Å². The predicted molar refractivity (Wildman–Crippen MR) is 46.0 cm³/mol. The molecule has 0 aromatic carbocycles. The molecule has 0 aliphatic carbocycles. The molecule has 0 amide bonds. The van der Waals surface area contributed by atoms with Gasteiger partial charge in [-0.1, -0.05) is 39.0 Å². The van der Waals surface area contributed by atoms with Gasteiger partial charge >= 0.3 is 0 Å². The van der Waals surface area contributed by atoms with Crippen molar-refractivity contribution in [2.24, 2.45) is 0 Å². The van der Waals surface area contributed by atoms with Crippen LogP contribution in [0.1, 0.15) is 45.4 Å². The normalized spacial score (nSPS) is 7.09. The molecule has 0 atom stereocenters. The predicted octanol–water partition coefficient (Wildman–Crippen LogP) is 1.53. The second kappa shape index (κ2) is 22.4. The number of rotatable bonds is 5. The smallest absolute Gasteiger partial charge is 0 e. The van der Waals surface area contributed by atoms with Crippen LogP contribution < -0.4 is 0 Å². The van der Waals surface area contributed by atoms with Crippen LogP contribution in [0.15, 0.2) is 0 Å². The molecule has 11 heavy (non-hydrogen) atoms. The number of unbranched alkanes of at least 4 members (excludes halogenated alkanes) is 5. The summed E-state index contributed by atoms with van der Waals surface area (Å²) in [5.41, 5.74) is 0. The number of hydrogen-bond donors (Lipinski definition) is 0. The van der Waals surface area contributed by atoms with E-state index in [-0.39, 0.29) is 32.7 Å². The molecule has 0 spiro atoms. The van der Waals surface area contributed by atoms with Gasteiger partial charge < -0.3 is 17.9 Å². The molecule has 4 N–H and O–H groups in total. The minimum absolute atomic E-state index is 0. The molecule has 0 rings (SSSR count). The Hall–Kier alpha value is 0.634. The minimum atomic E-state index is 0. The van der Waals surface area contributed by atoms with E-state index in [9.17, 15) is 0 Å². The van der Waals surface area contributed by atoms with Crippen molar-refractivity contribution >= 4 is 0 Å². The first-order valence-corrected chi connectivity index (χ1v) is 3.71. The molecule has 0 aromatic rings. The van der Waals surface area contributed by atoms with Crippen LogP contribution >= 0.6 is 0 Å². The fourth-order valence-electron chi connectivity index (χ4n) is 0.780. The minimum Gasteiger partial charge on any atom is -0.412 e. The summed E-state index contributed by atoms with van der Waals surface area (Å²) in [6.45, 7) is 6.02. The zero-order chi connectivity index (χ0) is 6.24. The van der Waals surface area contributed by atoms with Crippen LogP contribution in [0, 0.1) is 6.92 Å². The third-order valence-corrected chi connectivity index (χ3v) is 1.35. The molecule has 70 valence electrons. The van der Waals surface area contributed by atoms with E-state index in [4.69, 9.17) is 0 Å². The third kappa shape index (κ3) is 25.0. The Kier molecular flexibility index (Phi) is 46.0. The zero-order valence-corrected chi connectivity index (χ0v) is 9.01. The molecule has 2 nitrogen and oxygen atoms in total. The van der Waals surface area contributed by atoms with E-state index in [2.05, 4.69) is 13.8 Å². The van der Waals surface area contributed by atoms with Gasteiger partial charge in [-0.05, 0) is 0 Å². The van der Waals surface area contributed by atoms with Gasteiger partial charge in [-0.25, -0.2) is 0 Å². The van der Waals surface area contributed by atoms with Gasteiger partial charge in [0.1, 0.15) is 0 Å². The first kappa shape index (κ1) is 22.6. The molecule has 0 bridgehead atoms. The van der Waals surface area contributed by atoms with Crippen LogP contribution in [-0.2, 0) is 21.7 Å². The molecule has 0 radical (unpaired) electrons. The van der Waals surface area contributed by atoms with Crippen LogP contribution in [0.3, 0.4) is 0 Å². The third-order valence-electron chi connectivity index (χ3n) is 1.35. The average Bonchev–Trinajstić information content (AvgIpc) is 1.81. The summed E-state index contributed by atoms with van der Waals surface area (Å²) in [5, 5.41) is 0. The van der Waals surface area contributed by atoms with Crippen LogP contribution in [0.4, 0.5) is 0 Å². The molecule has 0 fully saturated rings. The van der Waals surface area contributed by atoms with Gasteiger partial charge in [-0.3, -0.25) is 0 Å². The summed E-state index contributed by atoms with van der Waals surface area (Å²) >= 11 is 0. The fourth-order valence-corrected chi connectivity index (χ4v) is 0.780. The zero-order valence-electron chi connectivity index (χ0n) is 7.45. The Morgan fingerprint density at radius 2 is 1.36 bits per heavy atom. The second-order valence-electron chi connectivity index (χ2n) is 2.27. The van der Waals surface area contributed by atoms with Crippen molar-refractivity contribution in [2.75, 3.05) is 0 Å². The first-order valence-electron chi connectivity index (χ1n) is 3.71. The topological polar surface area (TPSA) is 63.0 Å². The monoisotopic (exact) mass is 197 g/mol. The molecular weight excluding hydrogens is 176 g/mol. The van der Waals surface area contributed by atoms with Gasteiger partial charge in [0.05, 0.1) is 0 Å². The van der Waals surface area contributed by atoms with E-state index in [1.165, 1.54) is 32.1 Å². The largest absolute Gasteiger partial charge is 0.412 e. The van der Waals surface area contributed by atoms with Crippen molar-refractivity contribution in [3.05, 3.63) is 6.92 Å². The molecule has 0 heterocycles. The summed E-state index contributed by atoms with van der Waals surface area (Å²) in [5.74, 6) is 0. The maximum Gasteiger partial charge on any atom is 0 e.